The standard InChI is InChI=1S/C23H27NO6/c1-10-8-15-18(11(2)29-10)23(28)19-14(21(15)26)7-6-13(22(19)27)17-9-16(24(4)5)20(25)12(3)30-17/h6-8,11-12,16-17,20,25,27H,9H2,1-5H3/t11-,12+,16-,17+,20+/m0/s1. The van der Waals surface area contributed by atoms with Crippen molar-refractivity contribution in [1.82, 2.24) is 4.90 Å². The van der Waals surface area contributed by atoms with Crippen LogP contribution in [0.5, 0.6) is 5.75 Å². The molecule has 0 amide bonds. The van der Waals surface area contributed by atoms with E-state index in [0.29, 0.717) is 23.3 Å². The molecule has 7 nitrogen and oxygen atoms in total. The molecule has 3 aliphatic rings. The summed E-state index contributed by atoms with van der Waals surface area (Å²) in [4.78, 5) is 28.3. The van der Waals surface area contributed by atoms with Crippen LogP contribution in [0.4, 0.5) is 0 Å². The number of rotatable bonds is 2. The Labute approximate surface area is 175 Å². The number of benzene rings is 1. The van der Waals surface area contributed by atoms with Crippen molar-refractivity contribution in [3.63, 3.8) is 0 Å². The van der Waals surface area contributed by atoms with E-state index in [-0.39, 0.29) is 34.3 Å². The summed E-state index contributed by atoms with van der Waals surface area (Å²) in [5.74, 6) is -0.356. The van der Waals surface area contributed by atoms with E-state index in [1.54, 1.807) is 39.0 Å². The van der Waals surface area contributed by atoms with Crippen LogP contribution < -0.4 is 0 Å². The van der Waals surface area contributed by atoms with E-state index >= 15 is 0 Å². The van der Waals surface area contributed by atoms with Gasteiger partial charge in [0.1, 0.15) is 11.9 Å². The fourth-order valence-corrected chi connectivity index (χ4v) is 4.72. The maximum atomic E-state index is 13.3. The summed E-state index contributed by atoms with van der Waals surface area (Å²) in [5, 5.41) is 21.5. The highest BCUT2D eigenvalue weighted by Crippen LogP contribution is 2.43. The second-order valence-electron chi connectivity index (χ2n) is 8.51. The minimum absolute atomic E-state index is 0.00318. The van der Waals surface area contributed by atoms with E-state index in [0.717, 1.165) is 0 Å². The molecule has 0 spiro atoms. The predicted molar refractivity (Wildman–Crippen MR) is 109 cm³/mol. The van der Waals surface area contributed by atoms with Crippen molar-refractivity contribution in [2.75, 3.05) is 14.1 Å². The first-order valence-corrected chi connectivity index (χ1v) is 10.2. The third-order valence-corrected chi connectivity index (χ3v) is 6.30. The van der Waals surface area contributed by atoms with Gasteiger partial charge in [-0.25, -0.2) is 0 Å². The van der Waals surface area contributed by atoms with Crippen LogP contribution >= 0.6 is 0 Å². The summed E-state index contributed by atoms with van der Waals surface area (Å²) < 4.78 is 11.6. The number of hydrogen-bond acceptors (Lipinski definition) is 7. The van der Waals surface area contributed by atoms with Gasteiger partial charge in [-0.3, -0.25) is 9.59 Å². The molecule has 5 atom stereocenters. The smallest absolute Gasteiger partial charge is 0.197 e. The second kappa shape index (κ2) is 7.34. The average Bonchev–Trinajstić information content (AvgIpc) is 2.67. The molecule has 2 aliphatic heterocycles. The lowest BCUT2D eigenvalue weighted by Gasteiger charge is -2.41. The first-order valence-electron chi connectivity index (χ1n) is 10.2. The van der Waals surface area contributed by atoms with Crippen molar-refractivity contribution >= 4 is 11.6 Å². The molecule has 0 saturated carbocycles. The van der Waals surface area contributed by atoms with Gasteiger partial charge in [-0.05, 0) is 53.4 Å². The number of Topliss-reactive ketones (excluding diaryl/α,β-unsaturated/α-hetero) is 2. The number of nitrogens with zero attached hydrogens (tertiary/aromatic N) is 1. The monoisotopic (exact) mass is 413 g/mol. The number of allylic oxidation sites excluding steroid dienone is 3. The molecule has 2 heterocycles. The minimum Gasteiger partial charge on any atom is -0.507 e. The first kappa shape index (κ1) is 20.8. The molecule has 30 heavy (non-hydrogen) atoms. The van der Waals surface area contributed by atoms with Gasteiger partial charge in [-0.1, -0.05) is 6.07 Å². The Hall–Kier alpha value is -2.48. The first-order chi connectivity index (χ1) is 14.1. The summed E-state index contributed by atoms with van der Waals surface area (Å²) >= 11 is 0. The Kier molecular flexibility index (Phi) is 5.08. The normalized spacial score (nSPS) is 31.3. The fraction of sp³-hybridized carbons (Fsp3) is 0.478. The number of phenolic OH excluding ortho intramolecular Hbond substituents is 1. The van der Waals surface area contributed by atoms with Crippen molar-refractivity contribution in [2.24, 2.45) is 0 Å². The van der Waals surface area contributed by atoms with Crippen LogP contribution in [-0.2, 0) is 9.47 Å². The fourth-order valence-electron chi connectivity index (χ4n) is 4.72. The number of carbonyl (C=O) groups excluding carboxylic acids is 2. The summed E-state index contributed by atoms with van der Waals surface area (Å²) in [7, 11) is 3.76. The number of likely N-dealkylation sites (N-methyl/N-ethyl adjacent to an activating group) is 1. The van der Waals surface area contributed by atoms with Gasteiger partial charge in [0.15, 0.2) is 11.6 Å². The highest BCUT2D eigenvalue weighted by molar-refractivity contribution is 6.29. The summed E-state index contributed by atoms with van der Waals surface area (Å²) in [6.07, 6.45) is -0.167. The lowest BCUT2D eigenvalue weighted by atomic mass is 9.79. The Morgan fingerprint density at radius 3 is 2.50 bits per heavy atom. The molecule has 1 aromatic carbocycles. The number of ether oxygens (including phenoxy) is 2. The molecule has 0 bridgehead atoms. The van der Waals surface area contributed by atoms with Crippen LogP contribution in [-0.4, -0.2) is 65.1 Å². The zero-order valence-electron chi connectivity index (χ0n) is 17.8. The van der Waals surface area contributed by atoms with Crippen LogP contribution in [0.3, 0.4) is 0 Å². The summed E-state index contributed by atoms with van der Waals surface area (Å²) in [6, 6.07) is 3.06. The number of hydrogen-bond donors (Lipinski definition) is 2. The van der Waals surface area contributed by atoms with Crippen molar-refractivity contribution in [3.05, 3.63) is 51.8 Å². The predicted octanol–water partition coefficient (Wildman–Crippen LogP) is 2.53. The van der Waals surface area contributed by atoms with Gasteiger partial charge < -0.3 is 24.6 Å². The molecule has 7 heteroatoms. The van der Waals surface area contributed by atoms with Gasteiger partial charge in [-0.2, -0.15) is 0 Å². The molecule has 1 aromatic rings. The van der Waals surface area contributed by atoms with Gasteiger partial charge in [0.05, 0.1) is 35.2 Å². The van der Waals surface area contributed by atoms with E-state index in [1.165, 1.54) is 0 Å². The lowest BCUT2D eigenvalue weighted by molar-refractivity contribution is -0.142. The molecule has 4 rings (SSSR count). The van der Waals surface area contributed by atoms with Crippen LogP contribution in [0, 0.1) is 0 Å². The van der Waals surface area contributed by atoms with Crippen molar-refractivity contribution in [1.29, 1.82) is 0 Å². The highest BCUT2D eigenvalue weighted by Gasteiger charge is 2.42. The van der Waals surface area contributed by atoms with E-state index in [9.17, 15) is 19.8 Å². The summed E-state index contributed by atoms with van der Waals surface area (Å²) in [6.45, 7) is 5.24. The molecule has 0 unspecified atom stereocenters. The zero-order valence-corrected chi connectivity index (χ0v) is 17.8. The van der Waals surface area contributed by atoms with E-state index in [4.69, 9.17) is 9.47 Å². The summed E-state index contributed by atoms with van der Waals surface area (Å²) in [5.41, 5.74) is 1.23. The van der Waals surface area contributed by atoms with Crippen LogP contribution in [0.15, 0.2) is 35.1 Å². The van der Waals surface area contributed by atoms with E-state index in [1.807, 2.05) is 19.0 Å². The molecule has 1 aliphatic carbocycles. The molecule has 0 aromatic heterocycles. The van der Waals surface area contributed by atoms with Crippen LogP contribution in [0.1, 0.15) is 59.6 Å². The molecular formula is C23H27NO6. The molecule has 2 N–H and O–H groups in total. The van der Waals surface area contributed by atoms with Crippen molar-refractivity contribution < 1.29 is 29.3 Å². The van der Waals surface area contributed by atoms with Gasteiger partial charge in [0.25, 0.3) is 0 Å². The van der Waals surface area contributed by atoms with Crippen molar-refractivity contribution in [2.45, 2.75) is 57.6 Å². The quantitative estimate of drug-likeness (QED) is 0.769. The number of ketones is 2. The Bertz CT molecular complexity index is 992. The maximum absolute atomic E-state index is 13.3. The van der Waals surface area contributed by atoms with E-state index in [2.05, 4.69) is 0 Å². The maximum Gasteiger partial charge on any atom is 0.197 e. The Morgan fingerprint density at radius 2 is 1.83 bits per heavy atom. The van der Waals surface area contributed by atoms with Crippen LogP contribution in [0.2, 0.25) is 0 Å². The number of carbonyl (C=O) groups is 2. The average molecular weight is 413 g/mol. The Morgan fingerprint density at radius 1 is 1.13 bits per heavy atom. The second-order valence-corrected chi connectivity index (χ2v) is 8.51. The van der Waals surface area contributed by atoms with Gasteiger partial charge in [0.2, 0.25) is 0 Å². The van der Waals surface area contributed by atoms with Gasteiger partial charge in [0, 0.05) is 22.7 Å². The number of phenols is 1. The number of aliphatic hydroxyl groups excluding tert-OH is 1. The number of aromatic hydroxyl groups is 1. The number of fused-ring (bicyclic) bond motifs is 1. The topological polar surface area (TPSA) is 96.3 Å². The molecule has 1 saturated heterocycles. The Balaban J connectivity index is 1.78. The van der Waals surface area contributed by atoms with Crippen LogP contribution in [0.25, 0.3) is 0 Å². The van der Waals surface area contributed by atoms with Gasteiger partial charge >= 0.3 is 0 Å². The SMILES string of the molecule is CC1=CC2=C(C(=O)c3c(ccc([C@H]4C[C@H](N(C)C)[C@H](O)[C@@H](C)O4)c3O)C2=O)[C@H](C)O1. The molecule has 1 fully saturated rings. The molecule has 160 valence electrons. The van der Waals surface area contributed by atoms with Crippen molar-refractivity contribution in [3.8, 4) is 5.75 Å². The highest BCUT2D eigenvalue weighted by atomic mass is 16.5. The zero-order chi connectivity index (χ0) is 21.9. The third kappa shape index (κ3) is 3.09. The van der Waals surface area contributed by atoms with E-state index < -0.39 is 30.2 Å². The largest absolute Gasteiger partial charge is 0.507 e. The minimum atomic E-state index is -0.665. The number of aliphatic hydroxyl groups is 1. The van der Waals surface area contributed by atoms with Gasteiger partial charge in [-0.15, -0.1) is 0 Å². The molecular weight excluding hydrogens is 386 g/mol. The lowest BCUT2D eigenvalue weighted by Crippen LogP contribution is -2.50. The molecule has 0 radical (unpaired) electrons. The third-order valence-electron chi connectivity index (χ3n) is 6.30.